The molecule has 2 aromatic rings. The Hall–Kier alpha value is -2.54. The van der Waals surface area contributed by atoms with Crippen molar-refractivity contribution in [3.05, 3.63) is 50.6 Å². The van der Waals surface area contributed by atoms with Crippen molar-refractivity contribution in [2.45, 2.75) is 6.92 Å². The van der Waals surface area contributed by atoms with E-state index < -0.39 is 4.92 Å². The van der Waals surface area contributed by atoms with Gasteiger partial charge in [-0.1, -0.05) is 11.3 Å². The Morgan fingerprint density at radius 1 is 1.35 bits per heavy atom. The second-order valence-electron chi connectivity index (χ2n) is 4.29. The standard InChI is InChI=1S/C13H9N3O3S/c1-7-2-4-10-12(14-7)9(13(17)15-10)6-8-3-5-11(20-8)16(18)19/h2-6H,1H3,(H,15,17). The molecular weight excluding hydrogens is 278 g/mol. The van der Waals surface area contributed by atoms with E-state index in [1.54, 1.807) is 18.2 Å². The first kappa shape index (κ1) is 12.5. The summed E-state index contributed by atoms with van der Waals surface area (Å²) in [7, 11) is 0. The minimum atomic E-state index is -0.447. The number of thiophene rings is 1. The summed E-state index contributed by atoms with van der Waals surface area (Å²) in [5, 5.41) is 13.4. The Bertz CT molecular complexity index is 764. The number of anilines is 1. The van der Waals surface area contributed by atoms with Crippen molar-refractivity contribution in [3.63, 3.8) is 0 Å². The summed E-state index contributed by atoms with van der Waals surface area (Å²) >= 11 is 1.03. The third kappa shape index (κ3) is 2.08. The molecule has 0 saturated heterocycles. The van der Waals surface area contributed by atoms with Gasteiger partial charge < -0.3 is 5.32 Å². The first-order valence-electron chi connectivity index (χ1n) is 5.80. The fraction of sp³-hybridized carbons (Fsp3) is 0.0769. The summed E-state index contributed by atoms with van der Waals surface area (Å²) < 4.78 is 0. The SMILES string of the molecule is Cc1ccc2c(n1)C(=Cc1ccc([N+](=O)[O-])s1)C(=O)N2. The molecular formula is C13H9N3O3S. The van der Waals surface area contributed by atoms with Crippen LogP contribution in [0.25, 0.3) is 11.6 Å². The molecule has 20 heavy (non-hydrogen) atoms. The molecule has 3 rings (SSSR count). The number of nitrogens with zero attached hydrogens (tertiary/aromatic N) is 2. The predicted molar refractivity (Wildman–Crippen MR) is 76.4 cm³/mol. The lowest BCUT2D eigenvalue weighted by atomic mass is 10.1. The van der Waals surface area contributed by atoms with Crippen LogP contribution < -0.4 is 5.32 Å². The van der Waals surface area contributed by atoms with Gasteiger partial charge in [-0.2, -0.15) is 0 Å². The van der Waals surface area contributed by atoms with Crippen molar-refractivity contribution in [3.8, 4) is 0 Å². The van der Waals surface area contributed by atoms with Gasteiger partial charge in [-0.25, -0.2) is 0 Å². The molecule has 0 atom stereocenters. The van der Waals surface area contributed by atoms with Crippen molar-refractivity contribution in [2.24, 2.45) is 0 Å². The predicted octanol–water partition coefficient (Wildman–Crippen LogP) is 2.85. The fourth-order valence-corrected chi connectivity index (χ4v) is 2.72. The Morgan fingerprint density at radius 2 is 2.15 bits per heavy atom. The van der Waals surface area contributed by atoms with Crippen LogP contribution in [-0.2, 0) is 4.79 Å². The van der Waals surface area contributed by atoms with Crippen molar-refractivity contribution < 1.29 is 9.72 Å². The van der Waals surface area contributed by atoms with Gasteiger partial charge in [0.1, 0.15) is 0 Å². The zero-order valence-corrected chi connectivity index (χ0v) is 11.2. The molecule has 0 unspecified atom stereocenters. The number of nitrogens with one attached hydrogen (secondary N) is 1. The van der Waals surface area contributed by atoms with E-state index in [0.29, 0.717) is 21.8 Å². The third-order valence-corrected chi connectivity index (χ3v) is 3.85. The van der Waals surface area contributed by atoms with E-state index in [9.17, 15) is 14.9 Å². The molecule has 0 aliphatic carbocycles. The van der Waals surface area contributed by atoms with Crippen LogP contribution >= 0.6 is 11.3 Å². The second kappa shape index (κ2) is 4.53. The Labute approximate surface area is 117 Å². The molecule has 6 nitrogen and oxygen atoms in total. The van der Waals surface area contributed by atoms with Gasteiger partial charge in [0.25, 0.3) is 5.91 Å². The smallest absolute Gasteiger partial charge is 0.320 e. The van der Waals surface area contributed by atoms with Crippen LogP contribution in [0.4, 0.5) is 10.7 Å². The lowest BCUT2D eigenvalue weighted by Gasteiger charge is -1.98. The number of nitro groups is 1. The lowest BCUT2D eigenvalue weighted by molar-refractivity contribution is -0.380. The minimum absolute atomic E-state index is 0.0488. The van der Waals surface area contributed by atoms with Crippen molar-refractivity contribution in [1.29, 1.82) is 0 Å². The molecule has 7 heteroatoms. The average molecular weight is 287 g/mol. The summed E-state index contributed by atoms with van der Waals surface area (Å²) in [6.45, 7) is 1.84. The number of fused-ring (bicyclic) bond motifs is 1. The quantitative estimate of drug-likeness (QED) is 0.523. The van der Waals surface area contributed by atoms with Crippen molar-refractivity contribution >= 4 is 39.6 Å². The summed E-state index contributed by atoms with van der Waals surface area (Å²) in [5.41, 5.74) is 2.49. The molecule has 2 aromatic heterocycles. The van der Waals surface area contributed by atoms with E-state index in [1.165, 1.54) is 6.07 Å². The summed E-state index contributed by atoms with van der Waals surface area (Å²) in [6, 6.07) is 6.66. The van der Waals surface area contributed by atoms with E-state index in [1.807, 2.05) is 13.0 Å². The van der Waals surface area contributed by atoms with Gasteiger partial charge in [0.15, 0.2) is 0 Å². The summed E-state index contributed by atoms with van der Waals surface area (Å²) in [5.74, 6) is -0.242. The Balaban J connectivity index is 2.05. The van der Waals surface area contributed by atoms with E-state index >= 15 is 0 Å². The lowest BCUT2D eigenvalue weighted by Crippen LogP contribution is -2.03. The van der Waals surface area contributed by atoms with Crippen molar-refractivity contribution in [1.82, 2.24) is 4.98 Å². The molecule has 1 amide bonds. The van der Waals surface area contributed by atoms with Crippen LogP contribution in [0.15, 0.2) is 24.3 Å². The van der Waals surface area contributed by atoms with Crippen LogP contribution in [0.1, 0.15) is 16.3 Å². The summed E-state index contributed by atoms with van der Waals surface area (Å²) in [6.07, 6.45) is 1.63. The molecule has 1 aliphatic rings. The van der Waals surface area contributed by atoms with Gasteiger partial charge in [0, 0.05) is 16.6 Å². The summed E-state index contributed by atoms with van der Waals surface area (Å²) in [4.78, 5) is 27.1. The van der Waals surface area contributed by atoms with Gasteiger partial charge in [-0.3, -0.25) is 19.9 Å². The van der Waals surface area contributed by atoms with E-state index in [2.05, 4.69) is 10.3 Å². The maximum absolute atomic E-state index is 11.9. The molecule has 1 N–H and O–H groups in total. The van der Waals surface area contributed by atoms with Crippen LogP contribution in [0.2, 0.25) is 0 Å². The molecule has 100 valence electrons. The maximum atomic E-state index is 11.9. The molecule has 0 bridgehead atoms. The zero-order valence-electron chi connectivity index (χ0n) is 10.4. The molecule has 0 saturated carbocycles. The van der Waals surface area contributed by atoms with Crippen molar-refractivity contribution in [2.75, 3.05) is 5.32 Å². The van der Waals surface area contributed by atoms with Crippen LogP contribution in [-0.4, -0.2) is 15.8 Å². The highest BCUT2D eigenvalue weighted by Gasteiger charge is 2.26. The molecule has 0 fully saturated rings. The number of amides is 1. The highest BCUT2D eigenvalue weighted by molar-refractivity contribution is 7.16. The molecule has 0 aromatic carbocycles. The first-order valence-corrected chi connectivity index (χ1v) is 6.61. The fourth-order valence-electron chi connectivity index (χ4n) is 1.95. The Kier molecular flexibility index (Phi) is 2.83. The average Bonchev–Trinajstić information content (AvgIpc) is 2.97. The van der Waals surface area contributed by atoms with Gasteiger partial charge in [0.2, 0.25) is 0 Å². The topological polar surface area (TPSA) is 85.1 Å². The molecule has 3 heterocycles. The molecule has 0 spiro atoms. The highest BCUT2D eigenvalue weighted by Crippen LogP contribution is 2.34. The van der Waals surface area contributed by atoms with Gasteiger partial charge >= 0.3 is 5.00 Å². The van der Waals surface area contributed by atoms with Gasteiger partial charge in [0.05, 0.1) is 21.9 Å². The molecule has 0 radical (unpaired) electrons. The van der Waals surface area contributed by atoms with Gasteiger partial charge in [-0.15, -0.1) is 0 Å². The number of aromatic nitrogens is 1. The molecule has 1 aliphatic heterocycles. The largest absolute Gasteiger partial charge is 0.324 e. The number of carbonyl (C=O) groups is 1. The second-order valence-corrected chi connectivity index (χ2v) is 5.39. The number of hydrogen-bond donors (Lipinski definition) is 1. The van der Waals surface area contributed by atoms with E-state index in [-0.39, 0.29) is 10.9 Å². The number of carbonyl (C=O) groups excluding carboxylic acids is 1. The minimum Gasteiger partial charge on any atom is -0.320 e. The number of aryl methyl sites for hydroxylation is 1. The first-order chi connectivity index (χ1) is 9.54. The number of pyridine rings is 1. The number of hydrogen-bond acceptors (Lipinski definition) is 5. The van der Waals surface area contributed by atoms with Crippen LogP contribution in [0, 0.1) is 17.0 Å². The zero-order chi connectivity index (χ0) is 14.3. The van der Waals surface area contributed by atoms with Gasteiger partial charge in [-0.05, 0) is 31.2 Å². The van der Waals surface area contributed by atoms with Crippen LogP contribution in [0.5, 0.6) is 0 Å². The third-order valence-electron chi connectivity index (χ3n) is 2.86. The highest BCUT2D eigenvalue weighted by atomic mass is 32.1. The van der Waals surface area contributed by atoms with E-state index in [0.717, 1.165) is 17.0 Å². The maximum Gasteiger partial charge on any atom is 0.324 e. The van der Waals surface area contributed by atoms with E-state index in [4.69, 9.17) is 0 Å². The number of rotatable bonds is 2. The monoisotopic (exact) mass is 287 g/mol. The van der Waals surface area contributed by atoms with Crippen LogP contribution in [0.3, 0.4) is 0 Å². The normalized spacial score (nSPS) is 15.2. The Morgan fingerprint density at radius 3 is 2.85 bits per heavy atom.